The molecule has 2 N–H and O–H groups in total. The molecule has 0 bridgehead atoms. The summed E-state index contributed by atoms with van der Waals surface area (Å²) in [6, 6.07) is 0. The first-order chi connectivity index (χ1) is 4.22. The topological polar surface area (TPSA) is 26.0 Å². The average molecular weight is 125 g/mol. The normalized spacial score (nSPS) is 28.9. The van der Waals surface area contributed by atoms with Gasteiger partial charge >= 0.3 is 0 Å². The van der Waals surface area contributed by atoms with Crippen LogP contribution in [0.25, 0.3) is 0 Å². The second-order valence-electron chi connectivity index (χ2n) is 3.00. The van der Waals surface area contributed by atoms with E-state index in [1.54, 1.807) is 0 Å². The highest BCUT2D eigenvalue weighted by Crippen LogP contribution is 2.26. The lowest BCUT2D eigenvalue weighted by Crippen LogP contribution is -2.12. The first kappa shape index (κ1) is 6.66. The van der Waals surface area contributed by atoms with Gasteiger partial charge in [0.2, 0.25) is 0 Å². The molecule has 0 heterocycles. The van der Waals surface area contributed by atoms with Gasteiger partial charge in [0.15, 0.2) is 0 Å². The third kappa shape index (κ3) is 1.26. The van der Waals surface area contributed by atoms with Crippen LogP contribution in [0.1, 0.15) is 33.1 Å². The van der Waals surface area contributed by atoms with E-state index in [1.807, 2.05) is 0 Å². The summed E-state index contributed by atoms with van der Waals surface area (Å²) in [4.78, 5) is 0. The zero-order chi connectivity index (χ0) is 6.85. The Morgan fingerprint density at radius 1 is 1.56 bits per heavy atom. The molecule has 0 aliphatic heterocycles. The van der Waals surface area contributed by atoms with Crippen LogP contribution in [0.5, 0.6) is 0 Å². The van der Waals surface area contributed by atoms with Gasteiger partial charge in [-0.15, -0.1) is 0 Å². The van der Waals surface area contributed by atoms with Crippen LogP contribution in [0.2, 0.25) is 0 Å². The zero-order valence-corrected chi connectivity index (χ0v) is 6.28. The predicted octanol–water partition coefficient (Wildman–Crippen LogP) is 2.04. The van der Waals surface area contributed by atoms with Crippen molar-refractivity contribution in [3.05, 3.63) is 11.3 Å². The molecule has 1 atom stereocenters. The average Bonchev–Trinajstić information content (AvgIpc) is 1.83. The van der Waals surface area contributed by atoms with E-state index < -0.39 is 0 Å². The highest BCUT2D eigenvalue weighted by atomic mass is 14.6. The number of allylic oxidation sites excluding steroid dienone is 2. The highest BCUT2D eigenvalue weighted by Gasteiger charge is 2.12. The summed E-state index contributed by atoms with van der Waals surface area (Å²) in [5.74, 6) is 0.735. The molecule has 0 saturated heterocycles. The number of rotatable bonds is 0. The third-order valence-electron chi connectivity index (χ3n) is 2.33. The Bertz CT molecular complexity index is 136. The summed E-state index contributed by atoms with van der Waals surface area (Å²) in [7, 11) is 0. The van der Waals surface area contributed by atoms with Gasteiger partial charge in [0.1, 0.15) is 0 Å². The van der Waals surface area contributed by atoms with Gasteiger partial charge in [-0.05, 0) is 32.1 Å². The molecule has 1 rings (SSSR count). The molecule has 0 aromatic rings. The Balaban J connectivity index is 2.72. The Morgan fingerprint density at radius 3 is 2.67 bits per heavy atom. The van der Waals surface area contributed by atoms with Crippen molar-refractivity contribution in [2.75, 3.05) is 0 Å². The van der Waals surface area contributed by atoms with Crippen LogP contribution >= 0.6 is 0 Å². The van der Waals surface area contributed by atoms with Gasteiger partial charge in [0.25, 0.3) is 0 Å². The summed E-state index contributed by atoms with van der Waals surface area (Å²) in [6.45, 7) is 4.40. The van der Waals surface area contributed by atoms with Crippen molar-refractivity contribution >= 4 is 0 Å². The minimum absolute atomic E-state index is 0.735. The van der Waals surface area contributed by atoms with E-state index in [0.717, 1.165) is 18.0 Å². The maximum absolute atomic E-state index is 5.75. The molecule has 1 unspecified atom stereocenters. The summed E-state index contributed by atoms with van der Waals surface area (Å²) in [5.41, 5.74) is 8.30. The molecule has 9 heavy (non-hydrogen) atoms. The smallest absolute Gasteiger partial charge is 0.00722 e. The van der Waals surface area contributed by atoms with E-state index in [4.69, 9.17) is 5.73 Å². The molecule has 0 radical (unpaired) electrons. The molecule has 1 aliphatic carbocycles. The molecule has 0 amide bonds. The van der Waals surface area contributed by atoms with E-state index in [2.05, 4.69) is 13.8 Å². The highest BCUT2D eigenvalue weighted by molar-refractivity contribution is 5.13. The number of nitrogens with two attached hydrogens (primary N) is 1. The largest absolute Gasteiger partial charge is 0.402 e. The summed E-state index contributed by atoms with van der Waals surface area (Å²) in [6.07, 6.45) is 3.73. The van der Waals surface area contributed by atoms with Crippen LogP contribution in [0.3, 0.4) is 0 Å². The van der Waals surface area contributed by atoms with Gasteiger partial charge in [-0.1, -0.05) is 12.5 Å². The second-order valence-corrected chi connectivity index (χ2v) is 3.00. The van der Waals surface area contributed by atoms with Crippen molar-refractivity contribution in [3.8, 4) is 0 Å². The van der Waals surface area contributed by atoms with Crippen molar-refractivity contribution in [2.45, 2.75) is 33.1 Å². The standard InChI is InChI=1S/C8H15N/c1-6-4-3-5-8(9)7(6)2/h6H,3-5,9H2,1-2H3. The van der Waals surface area contributed by atoms with Gasteiger partial charge in [-0.3, -0.25) is 0 Å². The van der Waals surface area contributed by atoms with Crippen molar-refractivity contribution < 1.29 is 0 Å². The Kier molecular flexibility index (Phi) is 1.79. The fraction of sp³-hybridized carbons (Fsp3) is 0.750. The Morgan fingerprint density at radius 2 is 2.22 bits per heavy atom. The first-order valence-corrected chi connectivity index (χ1v) is 3.67. The second kappa shape index (κ2) is 2.42. The fourth-order valence-corrected chi connectivity index (χ4v) is 1.33. The molecule has 1 nitrogen and oxygen atoms in total. The minimum Gasteiger partial charge on any atom is -0.402 e. The van der Waals surface area contributed by atoms with Crippen molar-refractivity contribution in [1.82, 2.24) is 0 Å². The quantitative estimate of drug-likeness (QED) is 0.526. The van der Waals surface area contributed by atoms with Crippen LogP contribution in [-0.4, -0.2) is 0 Å². The SMILES string of the molecule is CC1=C(N)CCCC1C. The maximum Gasteiger partial charge on any atom is 0.00722 e. The monoisotopic (exact) mass is 125 g/mol. The fourth-order valence-electron chi connectivity index (χ4n) is 1.33. The summed E-state index contributed by atoms with van der Waals surface area (Å²) < 4.78 is 0. The molecule has 0 saturated carbocycles. The Hall–Kier alpha value is -0.460. The van der Waals surface area contributed by atoms with E-state index in [0.29, 0.717) is 0 Å². The van der Waals surface area contributed by atoms with Gasteiger partial charge in [-0.25, -0.2) is 0 Å². The predicted molar refractivity (Wildman–Crippen MR) is 39.9 cm³/mol. The van der Waals surface area contributed by atoms with Gasteiger partial charge in [0, 0.05) is 5.70 Å². The molecule has 1 aliphatic rings. The van der Waals surface area contributed by atoms with Crippen molar-refractivity contribution in [1.29, 1.82) is 0 Å². The molecule has 0 spiro atoms. The van der Waals surface area contributed by atoms with Crippen LogP contribution in [0.4, 0.5) is 0 Å². The van der Waals surface area contributed by atoms with Gasteiger partial charge < -0.3 is 5.73 Å². The number of hydrogen-bond acceptors (Lipinski definition) is 1. The van der Waals surface area contributed by atoms with Crippen molar-refractivity contribution in [2.24, 2.45) is 11.7 Å². The molecule has 0 aromatic heterocycles. The zero-order valence-electron chi connectivity index (χ0n) is 6.28. The van der Waals surface area contributed by atoms with Gasteiger partial charge in [-0.2, -0.15) is 0 Å². The number of hydrogen-bond donors (Lipinski definition) is 1. The molecule has 1 heteroatoms. The lowest BCUT2D eigenvalue weighted by Gasteiger charge is -2.20. The Labute approximate surface area is 56.9 Å². The first-order valence-electron chi connectivity index (χ1n) is 3.67. The molecular formula is C8H15N. The maximum atomic E-state index is 5.75. The van der Waals surface area contributed by atoms with Gasteiger partial charge in [0.05, 0.1) is 0 Å². The van der Waals surface area contributed by atoms with Crippen LogP contribution in [0.15, 0.2) is 11.3 Å². The van der Waals surface area contributed by atoms with E-state index in [1.165, 1.54) is 18.4 Å². The van der Waals surface area contributed by atoms with E-state index in [9.17, 15) is 0 Å². The molecule has 52 valence electrons. The minimum atomic E-state index is 0.735. The molecule has 0 aromatic carbocycles. The van der Waals surface area contributed by atoms with Crippen molar-refractivity contribution in [3.63, 3.8) is 0 Å². The summed E-state index contributed by atoms with van der Waals surface area (Å²) >= 11 is 0. The molecular weight excluding hydrogens is 110 g/mol. The van der Waals surface area contributed by atoms with E-state index >= 15 is 0 Å². The lowest BCUT2D eigenvalue weighted by atomic mass is 9.88. The van der Waals surface area contributed by atoms with Crippen LogP contribution in [-0.2, 0) is 0 Å². The lowest BCUT2D eigenvalue weighted by molar-refractivity contribution is 0.532. The van der Waals surface area contributed by atoms with Crippen LogP contribution in [0, 0.1) is 5.92 Å². The third-order valence-corrected chi connectivity index (χ3v) is 2.33. The van der Waals surface area contributed by atoms with Crippen LogP contribution < -0.4 is 5.73 Å². The summed E-state index contributed by atoms with van der Waals surface area (Å²) in [5, 5.41) is 0. The van der Waals surface area contributed by atoms with E-state index in [-0.39, 0.29) is 0 Å². The molecule has 0 fully saturated rings.